The Kier molecular flexibility index (Phi) is 6.21. The summed E-state index contributed by atoms with van der Waals surface area (Å²) in [5.41, 5.74) is 7.02. The Morgan fingerprint density at radius 3 is 2.16 bits per heavy atom. The van der Waals surface area contributed by atoms with Crippen LogP contribution in [-0.2, 0) is 10.1 Å². The number of hydrogen-bond donors (Lipinski definition) is 2. The van der Waals surface area contributed by atoms with E-state index < -0.39 is 10.1 Å². The third kappa shape index (κ3) is 4.38. The van der Waals surface area contributed by atoms with E-state index in [0.717, 1.165) is 0 Å². The minimum atomic E-state index is -4.43. The SMILES string of the molecule is Nc1c(N=Nc2ccc(Cl)cc2)cc(S(=O)(=O)O)c2ccccc12.[Na]. The van der Waals surface area contributed by atoms with E-state index in [1.54, 1.807) is 48.5 Å². The van der Waals surface area contributed by atoms with Crippen LogP contribution in [0, 0.1) is 0 Å². The Hall–Kier alpha value is -1.48. The van der Waals surface area contributed by atoms with E-state index in [0.29, 0.717) is 21.5 Å². The molecule has 0 saturated carbocycles. The van der Waals surface area contributed by atoms with Crippen molar-refractivity contribution in [1.82, 2.24) is 0 Å². The number of nitrogens with two attached hydrogens (primary N) is 1. The smallest absolute Gasteiger partial charge is 0.295 e. The first-order valence-corrected chi connectivity index (χ1v) is 8.64. The molecular formula is C16H12ClN3NaO3S. The molecule has 3 aromatic carbocycles. The fourth-order valence-electron chi connectivity index (χ4n) is 2.27. The van der Waals surface area contributed by atoms with Crippen LogP contribution in [0.3, 0.4) is 0 Å². The van der Waals surface area contributed by atoms with E-state index in [1.807, 2.05) is 0 Å². The van der Waals surface area contributed by atoms with Gasteiger partial charge in [0.05, 0.1) is 11.4 Å². The van der Waals surface area contributed by atoms with Crippen LogP contribution in [0.5, 0.6) is 0 Å². The predicted octanol–water partition coefficient (Wildman–Crippen LogP) is 4.36. The Labute approximate surface area is 171 Å². The number of rotatable bonds is 3. The predicted molar refractivity (Wildman–Crippen MR) is 99.6 cm³/mol. The second-order valence-electron chi connectivity index (χ2n) is 5.00. The van der Waals surface area contributed by atoms with Crippen molar-refractivity contribution < 1.29 is 13.0 Å². The molecule has 0 spiro atoms. The fraction of sp³-hybridized carbons (Fsp3) is 0. The summed E-state index contributed by atoms with van der Waals surface area (Å²) in [6.45, 7) is 0. The molecule has 0 unspecified atom stereocenters. The maximum Gasteiger partial charge on any atom is 0.295 e. The van der Waals surface area contributed by atoms with E-state index in [2.05, 4.69) is 10.2 Å². The molecule has 9 heteroatoms. The average molecular weight is 385 g/mol. The molecule has 3 aromatic rings. The number of azo groups is 1. The van der Waals surface area contributed by atoms with Crippen LogP contribution in [0.2, 0.25) is 5.02 Å². The summed E-state index contributed by atoms with van der Waals surface area (Å²) in [6, 6.07) is 14.4. The maximum absolute atomic E-state index is 11.6. The molecule has 0 aliphatic carbocycles. The summed E-state index contributed by atoms with van der Waals surface area (Å²) in [7, 11) is -4.43. The van der Waals surface area contributed by atoms with Gasteiger partial charge in [-0.2, -0.15) is 13.5 Å². The van der Waals surface area contributed by atoms with Gasteiger partial charge in [-0.3, -0.25) is 4.55 Å². The molecule has 6 nitrogen and oxygen atoms in total. The zero-order valence-corrected chi connectivity index (χ0v) is 16.8. The Balaban J connectivity index is 0.00000225. The number of nitrogens with zero attached hydrogens (tertiary/aromatic N) is 2. The Morgan fingerprint density at radius 2 is 1.56 bits per heavy atom. The zero-order valence-electron chi connectivity index (χ0n) is 13.2. The summed E-state index contributed by atoms with van der Waals surface area (Å²) in [5, 5.41) is 9.38. The minimum absolute atomic E-state index is 0. The fourth-order valence-corrected chi connectivity index (χ4v) is 3.11. The Bertz CT molecular complexity index is 1050. The summed E-state index contributed by atoms with van der Waals surface area (Å²) in [6.07, 6.45) is 0. The molecule has 123 valence electrons. The van der Waals surface area contributed by atoms with E-state index in [9.17, 15) is 13.0 Å². The van der Waals surface area contributed by atoms with E-state index in [-0.39, 0.29) is 45.8 Å². The van der Waals surface area contributed by atoms with Gasteiger partial charge in [-0.05, 0) is 30.3 Å². The van der Waals surface area contributed by atoms with Crippen molar-refractivity contribution in [3.8, 4) is 0 Å². The van der Waals surface area contributed by atoms with Crippen molar-refractivity contribution in [1.29, 1.82) is 0 Å². The first kappa shape index (κ1) is 19.8. The second kappa shape index (κ2) is 7.82. The van der Waals surface area contributed by atoms with Gasteiger partial charge in [0.15, 0.2) is 0 Å². The van der Waals surface area contributed by atoms with E-state index in [1.165, 1.54) is 6.07 Å². The van der Waals surface area contributed by atoms with Crippen molar-refractivity contribution in [2.24, 2.45) is 10.2 Å². The molecular weight excluding hydrogens is 373 g/mol. The van der Waals surface area contributed by atoms with Gasteiger partial charge in [0, 0.05) is 45.4 Å². The van der Waals surface area contributed by atoms with Gasteiger partial charge >= 0.3 is 0 Å². The third-order valence-corrected chi connectivity index (χ3v) is 4.55. The van der Waals surface area contributed by atoms with Crippen molar-refractivity contribution >= 4 is 79.1 Å². The van der Waals surface area contributed by atoms with Crippen LogP contribution in [0.4, 0.5) is 17.1 Å². The number of fused-ring (bicyclic) bond motifs is 1. The third-order valence-electron chi connectivity index (χ3n) is 3.40. The van der Waals surface area contributed by atoms with Gasteiger partial charge in [0.1, 0.15) is 10.6 Å². The number of hydrogen-bond acceptors (Lipinski definition) is 5. The van der Waals surface area contributed by atoms with Gasteiger partial charge in [-0.25, -0.2) is 0 Å². The van der Waals surface area contributed by atoms with Crippen LogP contribution in [0.25, 0.3) is 10.8 Å². The van der Waals surface area contributed by atoms with E-state index in [4.69, 9.17) is 17.3 Å². The van der Waals surface area contributed by atoms with Gasteiger partial charge in [-0.1, -0.05) is 35.9 Å². The topological polar surface area (TPSA) is 105 Å². The second-order valence-corrected chi connectivity index (χ2v) is 6.83. The summed E-state index contributed by atoms with van der Waals surface area (Å²) in [5.74, 6) is 0. The molecule has 0 fully saturated rings. The van der Waals surface area contributed by atoms with Crippen LogP contribution >= 0.6 is 11.6 Å². The zero-order chi connectivity index (χ0) is 17.3. The summed E-state index contributed by atoms with van der Waals surface area (Å²) < 4.78 is 32.8. The quantitative estimate of drug-likeness (QED) is 0.303. The number of halogens is 1. The largest absolute Gasteiger partial charge is 0.396 e. The summed E-state index contributed by atoms with van der Waals surface area (Å²) >= 11 is 5.80. The van der Waals surface area contributed by atoms with Gasteiger partial charge in [0.2, 0.25) is 0 Å². The normalized spacial score (nSPS) is 11.6. The Morgan fingerprint density at radius 1 is 0.960 bits per heavy atom. The maximum atomic E-state index is 11.6. The molecule has 0 atom stereocenters. The summed E-state index contributed by atoms with van der Waals surface area (Å²) in [4.78, 5) is -0.266. The van der Waals surface area contributed by atoms with Crippen molar-refractivity contribution in [2.45, 2.75) is 4.90 Å². The van der Waals surface area contributed by atoms with Crippen molar-refractivity contribution in [3.63, 3.8) is 0 Å². The first-order valence-electron chi connectivity index (χ1n) is 6.82. The van der Waals surface area contributed by atoms with Crippen LogP contribution in [-0.4, -0.2) is 42.5 Å². The molecule has 25 heavy (non-hydrogen) atoms. The standard InChI is InChI=1S/C16H12ClN3O3S.Na/c17-10-5-7-11(8-6-10)19-20-14-9-15(24(21,22)23)12-3-1-2-4-13(12)16(14)18;/h1-9H,18H2,(H,21,22,23);. The molecule has 3 N–H and O–H groups in total. The number of anilines is 1. The molecule has 0 aliphatic rings. The molecule has 0 amide bonds. The number of nitrogen functional groups attached to an aromatic ring is 1. The molecule has 0 saturated heterocycles. The molecule has 0 bridgehead atoms. The number of benzene rings is 3. The first-order chi connectivity index (χ1) is 11.4. The van der Waals surface area contributed by atoms with Crippen LogP contribution < -0.4 is 5.73 Å². The van der Waals surface area contributed by atoms with Crippen LogP contribution in [0.15, 0.2) is 69.7 Å². The molecule has 0 aromatic heterocycles. The molecule has 0 heterocycles. The minimum Gasteiger partial charge on any atom is -0.396 e. The molecule has 3 rings (SSSR count). The van der Waals surface area contributed by atoms with Gasteiger partial charge in [-0.15, -0.1) is 5.11 Å². The van der Waals surface area contributed by atoms with Gasteiger partial charge in [0.25, 0.3) is 10.1 Å². The molecule has 1 radical (unpaired) electrons. The van der Waals surface area contributed by atoms with E-state index >= 15 is 0 Å². The van der Waals surface area contributed by atoms with Gasteiger partial charge < -0.3 is 5.73 Å². The monoisotopic (exact) mass is 384 g/mol. The molecule has 0 aliphatic heterocycles. The van der Waals surface area contributed by atoms with Crippen LogP contribution in [0.1, 0.15) is 0 Å². The van der Waals surface area contributed by atoms with Crippen molar-refractivity contribution in [3.05, 3.63) is 59.6 Å². The van der Waals surface area contributed by atoms with Crippen molar-refractivity contribution in [2.75, 3.05) is 5.73 Å². The average Bonchev–Trinajstić information content (AvgIpc) is 2.55.